The molecule has 0 saturated carbocycles. The third kappa shape index (κ3) is 3.36. The van der Waals surface area contributed by atoms with Crippen LogP contribution in [0.1, 0.15) is 13.3 Å². The van der Waals surface area contributed by atoms with Gasteiger partial charge in [0.15, 0.2) is 5.78 Å². The van der Waals surface area contributed by atoms with Crippen molar-refractivity contribution in [1.82, 2.24) is 4.90 Å². The maximum Gasteiger partial charge on any atom is 0.407 e. The molecule has 84 valence electrons. The highest BCUT2D eigenvalue weighted by Crippen LogP contribution is 2.10. The lowest BCUT2D eigenvalue weighted by molar-refractivity contribution is -0.133. The molecule has 0 bridgehead atoms. The van der Waals surface area contributed by atoms with Crippen molar-refractivity contribution in [3.05, 3.63) is 12.2 Å². The summed E-state index contributed by atoms with van der Waals surface area (Å²) in [4.78, 5) is 23.3. The minimum absolute atomic E-state index is 0.0167. The van der Waals surface area contributed by atoms with Gasteiger partial charge in [0.25, 0.3) is 0 Å². The standard InChI is InChI=1S/C10H15NO4/c1-2-3-6-15-9-7-11(10(13)14)5-4-8(9)12/h2-3,9H,4-7H2,1H3,(H,13,14). The Morgan fingerprint density at radius 3 is 3.07 bits per heavy atom. The van der Waals surface area contributed by atoms with E-state index in [9.17, 15) is 9.59 Å². The SMILES string of the molecule is CC=CCOC1CN(C(=O)O)CCC1=O. The van der Waals surface area contributed by atoms with E-state index in [2.05, 4.69) is 0 Å². The van der Waals surface area contributed by atoms with Gasteiger partial charge in [0.1, 0.15) is 6.10 Å². The van der Waals surface area contributed by atoms with E-state index in [1.165, 1.54) is 4.90 Å². The molecule has 1 saturated heterocycles. The Balaban J connectivity index is 2.46. The first-order chi connectivity index (χ1) is 7.15. The summed E-state index contributed by atoms with van der Waals surface area (Å²) < 4.78 is 5.27. The van der Waals surface area contributed by atoms with Gasteiger partial charge in [-0.2, -0.15) is 0 Å². The number of Topliss-reactive ketones (excluding diaryl/α,β-unsaturated/α-hetero) is 1. The molecule has 0 aliphatic carbocycles. The van der Waals surface area contributed by atoms with Crippen molar-refractivity contribution in [2.45, 2.75) is 19.4 Å². The maximum atomic E-state index is 11.4. The lowest BCUT2D eigenvalue weighted by atomic mass is 10.1. The van der Waals surface area contributed by atoms with Crippen molar-refractivity contribution in [3.8, 4) is 0 Å². The van der Waals surface area contributed by atoms with Gasteiger partial charge in [-0.3, -0.25) is 4.79 Å². The molecule has 0 spiro atoms. The highest BCUT2D eigenvalue weighted by Gasteiger charge is 2.29. The van der Waals surface area contributed by atoms with E-state index in [-0.39, 0.29) is 25.3 Å². The highest BCUT2D eigenvalue weighted by molar-refractivity contribution is 5.85. The van der Waals surface area contributed by atoms with Gasteiger partial charge in [-0.1, -0.05) is 12.2 Å². The Labute approximate surface area is 88.3 Å². The van der Waals surface area contributed by atoms with Crippen LogP contribution in [0.25, 0.3) is 0 Å². The summed E-state index contributed by atoms with van der Waals surface area (Å²) in [5.74, 6) is -0.0167. The average molecular weight is 213 g/mol. The summed E-state index contributed by atoms with van der Waals surface area (Å²) in [5, 5.41) is 8.76. The van der Waals surface area contributed by atoms with Crippen LogP contribution in [-0.4, -0.2) is 47.7 Å². The molecule has 0 radical (unpaired) electrons. The first-order valence-corrected chi connectivity index (χ1v) is 4.88. The second-order valence-electron chi connectivity index (χ2n) is 3.34. The molecule has 1 amide bonds. The summed E-state index contributed by atoms with van der Waals surface area (Å²) in [7, 11) is 0. The molecule has 1 aliphatic rings. The topological polar surface area (TPSA) is 66.8 Å². The number of allylic oxidation sites excluding steroid dienone is 1. The smallest absolute Gasteiger partial charge is 0.407 e. The first-order valence-electron chi connectivity index (χ1n) is 4.88. The van der Waals surface area contributed by atoms with Crippen LogP contribution in [0.2, 0.25) is 0 Å². The summed E-state index contributed by atoms with van der Waals surface area (Å²) in [6.45, 7) is 2.62. The van der Waals surface area contributed by atoms with Crippen molar-refractivity contribution < 1.29 is 19.4 Å². The quantitative estimate of drug-likeness (QED) is 0.707. The molecule has 1 rings (SSSR count). The molecule has 5 heteroatoms. The zero-order chi connectivity index (χ0) is 11.3. The van der Waals surface area contributed by atoms with Gasteiger partial charge >= 0.3 is 6.09 Å². The number of ether oxygens (including phenoxy) is 1. The Hall–Kier alpha value is -1.36. The average Bonchev–Trinajstić information content (AvgIpc) is 2.20. The molecular weight excluding hydrogens is 198 g/mol. The molecular formula is C10H15NO4. The summed E-state index contributed by atoms with van der Waals surface area (Å²) in [5.41, 5.74) is 0. The molecule has 1 atom stereocenters. The van der Waals surface area contributed by atoms with Gasteiger partial charge in [-0.05, 0) is 6.92 Å². The van der Waals surface area contributed by atoms with Crippen LogP contribution in [0.4, 0.5) is 4.79 Å². The van der Waals surface area contributed by atoms with E-state index >= 15 is 0 Å². The van der Waals surface area contributed by atoms with Crippen molar-refractivity contribution in [1.29, 1.82) is 0 Å². The Bertz CT molecular complexity index is 275. The lowest BCUT2D eigenvalue weighted by Crippen LogP contribution is -2.47. The molecule has 1 aliphatic heterocycles. The minimum atomic E-state index is -0.998. The fourth-order valence-corrected chi connectivity index (χ4v) is 1.39. The van der Waals surface area contributed by atoms with Gasteiger partial charge in [-0.15, -0.1) is 0 Å². The molecule has 1 fully saturated rings. The monoisotopic (exact) mass is 213 g/mol. The number of piperidine rings is 1. The van der Waals surface area contributed by atoms with Crippen LogP contribution in [0.5, 0.6) is 0 Å². The van der Waals surface area contributed by atoms with Gasteiger partial charge < -0.3 is 14.7 Å². The predicted molar refractivity (Wildman–Crippen MR) is 53.8 cm³/mol. The van der Waals surface area contributed by atoms with Crippen LogP contribution >= 0.6 is 0 Å². The van der Waals surface area contributed by atoms with Crippen molar-refractivity contribution in [2.75, 3.05) is 19.7 Å². The van der Waals surface area contributed by atoms with E-state index < -0.39 is 12.2 Å². The number of carbonyl (C=O) groups is 2. The fraction of sp³-hybridized carbons (Fsp3) is 0.600. The second kappa shape index (κ2) is 5.50. The van der Waals surface area contributed by atoms with Gasteiger partial charge in [0.2, 0.25) is 0 Å². The van der Waals surface area contributed by atoms with E-state index in [0.29, 0.717) is 6.61 Å². The van der Waals surface area contributed by atoms with E-state index in [1.54, 1.807) is 6.08 Å². The lowest BCUT2D eigenvalue weighted by Gasteiger charge is -2.29. The maximum absolute atomic E-state index is 11.4. The molecule has 15 heavy (non-hydrogen) atoms. The van der Waals surface area contributed by atoms with Crippen molar-refractivity contribution in [3.63, 3.8) is 0 Å². The number of carboxylic acid groups (broad SMARTS) is 1. The molecule has 5 nitrogen and oxygen atoms in total. The van der Waals surface area contributed by atoms with Crippen molar-refractivity contribution >= 4 is 11.9 Å². The van der Waals surface area contributed by atoms with Crippen LogP contribution < -0.4 is 0 Å². The normalized spacial score (nSPS) is 22.3. The summed E-state index contributed by atoms with van der Waals surface area (Å²) >= 11 is 0. The van der Waals surface area contributed by atoms with Crippen LogP contribution in [0.15, 0.2) is 12.2 Å². The van der Waals surface area contributed by atoms with Gasteiger partial charge in [-0.25, -0.2) is 4.79 Å². The third-order valence-corrected chi connectivity index (χ3v) is 2.27. The third-order valence-electron chi connectivity index (χ3n) is 2.27. The van der Waals surface area contributed by atoms with Gasteiger partial charge in [0, 0.05) is 13.0 Å². The number of hydrogen-bond donors (Lipinski definition) is 1. The van der Waals surface area contributed by atoms with Gasteiger partial charge in [0.05, 0.1) is 13.2 Å². The zero-order valence-electron chi connectivity index (χ0n) is 8.68. The zero-order valence-corrected chi connectivity index (χ0v) is 8.68. The molecule has 0 aromatic carbocycles. The van der Waals surface area contributed by atoms with Crippen LogP contribution in [0.3, 0.4) is 0 Å². The molecule has 1 heterocycles. The molecule has 1 N–H and O–H groups in total. The molecule has 0 aromatic rings. The summed E-state index contributed by atoms with van der Waals surface area (Å²) in [6, 6.07) is 0. The molecule has 0 aromatic heterocycles. The number of amides is 1. The van der Waals surface area contributed by atoms with Crippen LogP contribution in [0, 0.1) is 0 Å². The Morgan fingerprint density at radius 2 is 2.47 bits per heavy atom. The minimum Gasteiger partial charge on any atom is -0.465 e. The summed E-state index contributed by atoms with van der Waals surface area (Å²) in [6.07, 6.45) is 2.25. The Kier molecular flexibility index (Phi) is 4.30. The highest BCUT2D eigenvalue weighted by atomic mass is 16.5. The number of rotatable bonds is 3. The first kappa shape index (κ1) is 11.7. The second-order valence-corrected chi connectivity index (χ2v) is 3.34. The number of carbonyl (C=O) groups excluding carboxylic acids is 1. The number of likely N-dealkylation sites (tertiary alicyclic amines) is 1. The largest absolute Gasteiger partial charge is 0.465 e. The molecule has 1 unspecified atom stereocenters. The van der Waals surface area contributed by atoms with Crippen molar-refractivity contribution in [2.24, 2.45) is 0 Å². The van der Waals surface area contributed by atoms with E-state index in [0.717, 1.165) is 0 Å². The Morgan fingerprint density at radius 1 is 1.73 bits per heavy atom. The van der Waals surface area contributed by atoms with E-state index in [4.69, 9.17) is 9.84 Å². The van der Waals surface area contributed by atoms with E-state index in [1.807, 2.05) is 13.0 Å². The fourth-order valence-electron chi connectivity index (χ4n) is 1.39. The number of hydrogen-bond acceptors (Lipinski definition) is 3. The predicted octanol–water partition coefficient (Wildman–Crippen LogP) is 0.901. The van der Waals surface area contributed by atoms with Crippen LogP contribution in [-0.2, 0) is 9.53 Å². The number of ketones is 1. The number of nitrogens with zero attached hydrogens (tertiary/aromatic N) is 1.